The lowest BCUT2D eigenvalue weighted by Gasteiger charge is -2.07. The van der Waals surface area contributed by atoms with Gasteiger partial charge in [-0.2, -0.15) is 0 Å². The highest BCUT2D eigenvalue weighted by Gasteiger charge is 2.12. The van der Waals surface area contributed by atoms with Crippen molar-refractivity contribution in [2.45, 2.75) is 18.7 Å². The Bertz CT molecular complexity index is 473. The van der Waals surface area contributed by atoms with E-state index < -0.39 is 0 Å². The molecule has 1 aromatic carbocycles. The molecule has 0 aliphatic rings. The van der Waals surface area contributed by atoms with E-state index in [1.54, 1.807) is 7.11 Å². The van der Waals surface area contributed by atoms with Crippen LogP contribution in [-0.4, -0.2) is 7.11 Å². The second kappa shape index (κ2) is 5.28. The van der Waals surface area contributed by atoms with Crippen LogP contribution in [0.25, 0.3) is 0 Å². The first-order chi connectivity index (χ1) is 8.19. The lowest BCUT2D eigenvalue weighted by atomic mass is 10.1. The smallest absolute Gasteiger partial charge is 0.122 e. The lowest BCUT2D eigenvalue weighted by molar-refractivity contribution is 0.414. The summed E-state index contributed by atoms with van der Waals surface area (Å²) in [7, 11) is 1.66. The Balaban J connectivity index is 2.04. The highest BCUT2D eigenvalue weighted by atomic mass is 35.5. The number of hydrogen-bond donors (Lipinski definition) is 0. The molecule has 0 fully saturated rings. The molecule has 0 spiro atoms. The van der Waals surface area contributed by atoms with Gasteiger partial charge in [0, 0.05) is 0 Å². The maximum Gasteiger partial charge on any atom is 0.122 e. The largest absolute Gasteiger partial charge is 0.497 e. The molecule has 2 rings (SSSR count). The molecule has 1 unspecified atom stereocenters. The molecule has 3 heteroatoms. The second-order valence-electron chi connectivity index (χ2n) is 3.97. The predicted molar refractivity (Wildman–Crippen MR) is 68.7 cm³/mol. The number of rotatable bonds is 4. The highest BCUT2D eigenvalue weighted by Crippen LogP contribution is 2.27. The molecule has 1 heterocycles. The number of benzene rings is 1. The Morgan fingerprint density at radius 3 is 2.41 bits per heavy atom. The van der Waals surface area contributed by atoms with Gasteiger partial charge in [0.2, 0.25) is 0 Å². The van der Waals surface area contributed by atoms with Crippen LogP contribution in [0.4, 0.5) is 0 Å². The molecule has 0 N–H and O–H groups in total. The number of ether oxygens (including phenoxy) is 1. The molecule has 0 saturated carbocycles. The van der Waals surface area contributed by atoms with Crippen LogP contribution in [0.2, 0.25) is 0 Å². The Hall–Kier alpha value is -1.41. The number of methoxy groups -OCH3 is 1. The standard InChI is InChI=1S/C14H15ClO2/c1-10-3-8-14(17-10)13(15)9-11-4-6-12(16-2)7-5-11/h3-8,13H,9H2,1-2H3. The number of aryl methyl sites for hydroxylation is 1. The van der Waals surface area contributed by atoms with Crippen molar-refractivity contribution in [1.29, 1.82) is 0 Å². The zero-order chi connectivity index (χ0) is 12.3. The minimum atomic E-state index is -0.128. The highest BCUT2D eigenvalue weighted by molar-refractivity contribution is 6.20. The number of hydrogen-bond acceptors (Lipinski definition) is 2. The SMILES string of the molecule is COc1ccc(CC(Cl)c2ccc(C)o2)cc1. The molecule has 2 aromatic rings. The van der Waals surface area contributed by atoms with Gasteiger partial charge in [-0.05, 0) is 43.2 Å². The van der Waals surface area contributed by atoms with Crippen molar-refractivity contribution in [3.8, 4) is 5.75 Å². The van der Waals surface area contributed by atoms with Gasteiger partial charge in [0.15, 0.2) is 0 Å². The molecule has 0 aliphatic carbocycles. The van der Waals surface area contributed by atoms with Crippen molar-refractivity contribution in [1.82, 2.24) is 0 Å². The lowest BCUT2D eigenvalue weighted by Crippen LogP contribution is -1.94. The average molecular weight is 251 g/mol. The van der Waals surface area contributed by atoms with Gasteiger partial charge < -0.3 is 9.15 Å². The molecule has 0 radical (unpaired) electrons. The van der Waals surface area contributed by atoms with E-state index in [9.17, 15) is 0 Å². The maximum absolute atomic E-state index is 6.30. The van der Waals surface area contributed by atoms with Crippen LogP contribution < -0.4 is 4.74 Å². The van der Waals surface area contributed by atoms with Gasteiger partial charge in [-0.15, -0.1) is 11.6 Å². The molecule has 1 aromatic heterocycles. The molecular weight excluding hydrogens is 236 g/mol. The predicted octanol–water partition coefficient (Wildman–Crippen LogP) is 4.12. The molecule has 0 bridgehead atoms. The van der Waals surface area contributed by atoms with Crippen molar-refractivity contribution in [3.63, 3.8) is 0 Å². The summed E-state index contributed by atoms with van der Waals surface area (Å²) >= 11 is 6.30. The summed E-state index contributed by atoms with van der Waals surface area (Å²) in [4.78, 5) is 0. The molecule has 0 aliphatic heterocycles. The third-order valence-electron chi connectivity index (χ3n) is 2.64. The number of furan rings is 1. The van der Waals surface area contributed by atoms with Crippen molar-refractivity contribution in [2.75, 3.05) is 7.11 Å². The van der Waals surface area contributed by atoms with Crippen LogP contribution in [0.3, 0.4) is 0 Å². The Morgan fingerprint density at radius 1 is 1.18 bits per heavy atom. The second-order valence-corrected chi connectivity index (χ2v) is 4.49. The zero-order valence-electron chi connectivity index (χ0n) is 9.94. The topological polar surface area (TPSA) is 22.4 Å². The van der Waals surface area contributed by atoms with E-state index in [1.165, 1.54) is 5.56 Å². The summed E-state index contributed by atoms with van der Waals surface area (Å²) in [5.74, 6) is 2.56. The Morgan fingerprint density at radius 2 is 1.88 bits per heavy atom. The van der Waals surface area contributed by atoms with Crippen LogP contribution in [-0.2, 0) is 6.42 Å². The summed E-state index contributed by atoms with van der Waals surface area (Å²) in [5.41, 5.74) is 1.17. The molecular formula is C14H15ClO2. The van der Waals surface area contributed by atoms with Gasteiger partial charge in [0.05, 0.1) is 12.5 Å². The zero-order valence-corrected chi connectivity index (χ0v) is 10.7. The van der Waals surface area contributed by atoms with Crippen molar-refractivity contribution < 1.29 is 9.15 Å². The van der Waals surface area contributed by atoms with Gasteiger partial charge >= 0.3 is 0 Å². The Labute approximate surface area is 106 Å². The third-order valence-corrected chi connectivity index (χ3v) is 3.01. The van der Waals surface area contributed by atoms with Crippen LogP contribution in [0.1, 0.15) is 22.5 Å². The molecule has 2 nitrogen and oxygen atoms in total. The Kier molecular flexibility index (Phi) is 3.75. The van der Waals surface area contributed by atoms with Crippen molar-refractivity contribution in [2.24, 2.45) is 0 Å². The molecule has 0 saturated heterocycles. The fraction of sp³-hybridized carbons (Fsp3) is 0.286. The van der Waals surface area contributed by atoms with E-state index in [0.717, 1.165) is 23.7 Å². The fourth-order valence-electron chi connectivity index (χ4n) is 1.69. The van der Waals surface area contributed by atoms with E-state index in [2.05, 4.69) is 0 Å². The monoisotopic (exact) mass is 250 g/mol. The quantitative estimate of drug-likeness (QED) is 0.762. The minimum absolute atomic E-state index is 0.128. The van der Waals surface area contributed by atoms with Crippen LogP contribution >= 0.6 is 11.6 Å². The summed E-state index contributed by atoms with van der Waals surface area (Å²) in [6, 6.07) is 11.8. The molecule has 0 amide bonds. The van der Waals surface area contributed by atoms with Crippen molar-refractivity contribution >= 4 is 11.6 Å². The van der Waals surface area contributed by atoms with Crippen LogP contribution in [0, 0.1) is 6.92 Å². The van der Waals surface area contributed by atoms with Crippen LogP contribution in [0.5, 0.6) is 5.75 Å². The molecule has 17 heavy (non-hydrogen) atoms. The van der Waals surface area contributed by atoms with E-state index in [-0.39, 0.29) is 5.38 Å². The van der Waals surface area contributed by atoms with Gasteiger partial charge in [0.25, 0.3) is 0 Å². The maximum atomic E-state index is 6.30. The van der Waals surface area contributed by atoms with E-state index >= 15 is 0 Å². The average Bonchev–Trinajstić information content (AvgIpc) is 2.77. The van der Waals surface area contributed by atoms with Gasteiger partial charge in [-0.3, -0.25) is 0 Å². The first-order valence-corrected chi connectivity index (χ1v) is 5.96. The third kappa shape index (κ3) is 3.04. The number of halogens is 1. The van der Waals surface area contributed by atoms with Crippen LogP contribution in [0.15, 0.2) is 40.8 Å². The van der Waals surface area contributed by atoms with Gasteiger partial charge in [0.1, 0.15) is 17.3 Å². The summed E-state index contributed by atoms with van der Waals surface area (Å²) < 4.78 is 10.6. The van der Waals surface area contributed by atoms with Gasteiger partial charge in [-0.1, -0.05) is 12.1 Å². The summed E-state index contributed by atoms with van der Waals surface area (Å²) in [6.45, 7) is 1.92. The first-order valence-electron chi connectivity index (χ1n) is 5.52. The normalized spacial score (nSPS) is 12.4. The van der Waals surface area contributed by atoms with Gasteiger partial charge in [-0.25, -0.2) is 0 Å². The van der Waals surface area contributed by atoms with E-state index in [0.29, 0.717) is 0 Å². The molecule has 1 atom stereocenters. The van der Waals surface area contributed by atoms with E-state index in [4.69, 9.17) is 20.8 Å². The minimum Gasteiger partial charge on any atom is -0.497 e. The number of alkyl halides is 1. The van der Waals surface area contributed by atoms with Crippen molar-refractivity contribution in [3.05, 3.63) is 53.5 Å². The first kappa shape index (κ1) is 12.1. The molecule has 90 valence electrons. The summed E-state index contributed by atoms with van der Waals surface area (Å²) in [5, 5.41) is -0.128. The summed E-state index contributed by atoms with van der Waals surface area (Å²) in [6.07, 6.45) is 0.749. The fourth-order valence-corrected chi connectivity index (χ4v) is 1.99. The van der Waals surface area contributed by atoms with E-state index in [1.807, 2.05) is 43.3 Å².